The standard InChI is InChI=1S/C10H10N2O2S/c1-6-3-9(14-2)7(10(11)13)4-8(6)12-5-15/h3-4H,1-2H3,(H2,11,13). The van der Waals surface area contributed by atoms with Gasteiger partial charge in [-0.05, 0) is 36.8 Å². The number of nitrogens with zero attached hydrogens (tertiary/aromatic N) is 1. The SMILES string of the molecule is COc1cc(C)c(N=C=S)cc1C(N)=O. The van der Waals surface area contributed by atoms with Crippen LogP contribution in [0.2, 0.25) is 0 Å². The van der Waals surface area contributed by atoms with E-state index in [0.29, 0.717) is 11.4 Å². The average Bonchev–Trinajstić information content (AvgIpc) is 2.20. The quantitative estimate of drug-likeness (QED) is 0.627. The minimum Gasteiger partial charge on any atom is -0.496 e. The molecule has 0 atom stereocenters. The first-order valence-electron chi connectivity index (χ1n) is 4.16. The number of ether oxygens (including phenoxy) is 1. The molecule has 0 unspecified atom stereocenters. The minimum absolute atomic E-state index is 0.284. The Morgan fingerprint density at radius 1 is 1.60 bits per heavy atom. The highest BCUT2D eigenvalue weighted by Crippen LogP contribution is 2.27. The van der Waals surface area contributed by atoms with Gasteiger partial charge in [-0.2, -0.15) is 4.99 Å². The van der Waals surface area contributed by atoms with Crippen LogP contribution in [0.5, 0.6) is 5.75 Å². The average molecular weight is 222 g/mol. The van der Waals surface area contributed by atoms with Crippen LogP contribution in [0.3, 0.4) is 0 Å². The summed E-state index contributed by atoms with van der Waals surface area (Å²) in [6, 6.07) is 3.22. The van der Waals surface area contributed by atoms with Gasteiger partial charge in [-0.1, -0.05) is 0 Å². The van der Waals surface area contributed by atoms with Crippen molar-refractivity contribution in [3.63, 3.8) is 0 Å². The fourth-order valence-corrected chi connectivity index (χ4v) is 1.30. The van der Waals surface area contributed by atoms with E-state index >= 15 is 0 Å². The molecule has 0 saturated heterocycles. The van der Waals surface area contributed by atoms with Crippen molar-refractivity contribution in [2.24, 2.45) is 10.7 Å². The number of benzene rings is 1. The molecule has 0 spiro atoms. The van der Waals surface area contributed by atoms with Crippen LogP contribution in [0.25, 0.3) is 0 Å². The molecule has 1 amide bonds. The molecular formula is C10H10N2O2S. The monoisotopic (exact) mass is 222 g/mol. The number of rotatable bonds is 3. The summed E-state index contributed by atoms with van der Waals surface area (Å²) in [5.74, 6) is -0.129. The first kappa shape index (κ1) is 11.4. The van der Waals surface area contributed by atoms with Crippen LogP contribution in [-0.2, 0) is 0 Å². The number of methoxy groups -OCH3 is 1. The van der Waals surface area contributed by atoms with E-state index < -0.39 is 5.91 Å². The van der Waals surface area contributed by atoms with Gasteiger partial charge in [-0.15, -0.1) is 0 Å². The molecule has 0 bridgehead atoms. The molecule has 1 rings (SSSR count). The van der Waals surface area contributed by atoms with Gasteiger partial charge in [0.05, 0.1) is 23.5 Å². The Hall–Kier alpha value is -1.71. The van der Waals surface area contributed by atoms with E-state index in [0.717, 1.165) is 5.56 Å². The topological polar surface area (TPSA) is 64.7 Å². The Bertz CT molecular complexity index is 451. The maximum absolute atomic E-state index is 11.1. The number of amides is 1. The number of nitrogens with two attached hydrogens (primary N) is 1. The summed E-state index contributed by atoms with van der Waals surface area (Å²) in [5.41, 5.74) is 6.89. The van der Waals surface area contributed by atoms with E-state index in [1.165, 1.54) is 13.2 Å². The van der Waals surface area contributed by atoms with Gasteiger partial charge in [-0.3, -0.25) is 4.79 Å². The second kappa shape index (κ2) is 4.68. The van der Waals surface area contributed by atoms with Gasteiger partial charge in [0.1, 0.15) is 5.75 Å². The highest BCUT2D eigenvalue weighted by Gasteiger charge is 2.11. The second-order valence-electron chi connectivity index (χ2n) is 2.91. The predicted octanol–water partition coefficient (Wildman–Crippen LogP) is 1.84. The van der Waals surface area contributed by atoms with Gasteiger partial charge < -0.3 is 10.5 Å². The van der Waals surface area contributed by atoms with Crippen LogP contribution < -0.4 is 10.5 Å². The Morgan fingerprint density at radius 3 is 2.73 bits per heavy atom. The highest BCUT2D eigenvalue weighted by atomic mass is 32.1. The molecule has 15 heavy (non-hydrogen) atoms. The normalized spacial score (nSPS) is 9.20. The Balaban J connectivity index is 3.42. The number of hydrogen-bond donors (Lipinski definition) is 1. The zero-order valence-corrected chi connectivity index (χ0v) is 9.22. The molecule has 4 nitrogen and oxygen atoms in total. The Labute approximate surface area is 92.8 Å². The van der Waals surface area contributed by atoms with Crippen molar-refractivity contribution in [2.75, 3.05) is 7.11 Å². The molecule has 0 aromatic heterocycles. The predicted molar refractivity (Wildman–Crippen MR) is 60.9 cm³/mol. The molecule has 0 aliphatic carbocycles. The highest BCUT2D eigenvalue weighted by molar-refractivity contribution is 7.78. The van der Waals surface area contributed by atoms with Gasteiger partial charge in [0.15, 0.2) is 0 Å². The zero-order chi connectivity index (χ0) is 11.4. The van der Waals surface area contributed by atoms with Crippen LogP contribution in [0.4, 0.5) is 5.69 Å². The first-order chi connectivity index (χ1) is 7.10. The summed E-state index contributed by atoms with van der Waals surface area (Å²) in [4.78, 5) is 14.9. The van der Waals surface area contributed by atoms with Crippen molar-refractivity contribution in [3.05, 3.63) is 23.3 Å². The van der Waals surface area contributed by atoms with Gasteiger partial charge in [0, 0.05) is 0 Å². The summed E-state index contributed by atoms with van der Waals surface area (Å²) in [6.07, 6.45) is 0. The van der Waals surface area contributed by atoms with Crippen molar-refractivity contribution in [3.8, 4) is 5.75 Å². The van der Waals surface area contributed by atoms with E-state index in [1.807, 2.05) is 6.92 Å². The fourth-order valence-electron chi connectivity index (χ4n) is 1.20. The Morgan fingerprint density at radius 2 is 2.27 bits per heavy atom. The molecule has 0 fully saturated rings. The molecule has 0 aliphatic heterocycles. The molecule has 1 aromatic rings. The van der Waals surface area contributed by atoms with Crippen molar-refractivity contribution >= 4 is 29.0 Å². The van der Waals surface area contributed by atoms with Crippen molar-refractivity contribution in [1.29, 1.82) is 0 Å². The maximum atomic E-state index is 11.1. The van der Waals surface area contributed by atoms with E-state index in [-0.39, 0.29) is 5.56 Å². The van der Waals surface area contributed by atoms with Crippen molar-refractivity contribution < 1.29 is 9.53 Å². The maximum Gasteiger partial charge on any atom is 0.252 e. The van der Waals surface area contributed by atoms with Crippen LogP contribution in [0.1, 0.15) is 15.9 Å². The number of isothiocyanates is 1. The third-order valence-electron chi connectivity index (χ3n) is 1.95. The third-order valence-corrected chi connectivity index (χ3v) is 2.04. The lowest BCUT2D eigenvalue weighted by atomic mass is 10.1. The Kier molecular flexibility index (Phi) is 3.55. The molecule has 0 aliphatic rings. The molecule has 1 aromatic carbocycles. The lowest BCUT2D eigenvalue weighted by molar-refractivity contribution is 0.0997. The van der Waals surface area contributed by atoms with E-state index in [9.17, 15) is 4.79 Å². The molecular weight excluding hydrogens is 212 g/mol. The largest absolute Gasteiger partial charge is 0.496 e. The fraction of sp³-hybridized carbons (Fsp3) is 0.200. The second-order valence-corrected chi connectivity index (χ2v) is 3.09. The summed E-state index contributed by atoms with van der Waals surface area (Å²) in [7, 11) is 1.48. The first-order valence-corrected chi connectivity index (χ1v) is 4.57. The van der Waals surface area contributed by atoms with E-state index in [1.54, 1.807) is 6.07 Å². The lowest BCUT2D eigenvalue weighted by Crippen LogP contribution is -2.12. The molecule has 0 saturated carbocycles. The van der Waals surface area contributed by atoms with E-state index in [4.69, 9.17) is 10.5 Å². The number of carbonyl (C=O) groups is 1. The zero-order valence-electron chi connectivity index (χ0n) is 8.40. The van der Waals surface area contributed by atoms with Crippen LogP contribution in [0.15, 0.2) is 17.1 Å². The molecule has 78 valence electrons. The number of carbonyl (C=O) groups excluding carboxylic acids is 1. The summed E-state index contributed by atoms with van der Waals surface area (Å²) < 4.78 is 5.03. The van der Waals surface area contributed by atoms with Crippen molar-refractivity contribution in [1.82, 2.24) is 0 Å². The van der Waals surface area contributed by atoms with Gasteiger partial charge in [0.25, 0.3) is 5.91 Å². The molecule has 5 heteroatoms. The molecule has 2 N–H and O–H groups in total. The number of aryl methyl sites for hydroxylation is 1. The molecule has 0 heterocycles. The van der Waals surface area contributed by atoms with Gasteiger partial charge >= 0.3 is 0 Å². The van der Waals surface area contributed by atoms with Gasteiger partial charge in [0.2, 0.25) is 0 Å². The summed E-state index contributed by atoms with van der Waals surface area (Å²) in [5, 5.41) is 2.24. The van der Waals surface area contributed by atoms with Crippen LogP contribution in [-0.4, -0.2) is 18.2 Å². The van der Waals surface area contributed by atoms with Gasteiger partial charge in [-0.25, -0.2) is 0 Å². The smallest absolute Gasteiger partial charge is 0.252 e. The summed E-state index contributed by atoms with van der Waals surface area (Å²) >= 11 is 4.50. The van der Waals surface area contributed by atoms with E-state index in [2.05, 4.69) is 22.4 Å². The number of primary amides is 1. The lowest BCUT2D eigenvalue weighted by Gasteiger charge is -2.08. The minimum atomic E-state index is -0.562. The number of thiocarbonyl (C=S) groups is 1. The van der Waals surface area contributed by atoms with Crippen LogP contribution in [0, 0.1) is 6.92 Å². The van der Waals surface area contributed by atoms with Crippen LogP contribution >= 0.6 is 12.2 Å². The molecule has 0 radical (unpaired) electrons. The third kappa shape index (κ3) is 2.40. The van der Waals surface area contributed by atoms with Crippen molar-refractivity contribution in [2.45, 2.75) is 6.92 Å². The number of aliphatic imine (C=N–C) groups is 1. The number of hydrogen-bond acceptors (Lipinski definition) is 4. The summed E-state index contributed by atoms with van der Waals surface area (Å²) in [6.45, 7) is 1.83.